The molecule has 2 aliphatic heterocycles. The highest BCUT2D eigenvalue weighted by molar-refractivity contribution is 6.39. The normalized spacial score (nSPS) is 17.6. The van der Waals surface area contributed by atoms with Crippen LogP contribution >= 0.6 is 35.6 Å². The van der Waals surface area contributed by atoms with Gasteiger partial charge in [0.15, 0.2) is 11.5 Å². The number of ether oxygens (including phenoxy) is 2. The number of carbonyl (C=O) groups is 2. The number of methoxy groups -OCH3 is 1. The summed E-state index contributed by atoms with van der Waals surface area (Å²) in [6, 6.07) is 3.34. The molecule has 0 saturated carbocycles. The van der Waals surface area contributed by atoms with Crippen LogP contribution in [0.4, 0.5) is 5.69 Å². The van der Waals surface area contributed by atoms with E-state index in [4.69, 9.17) is 32.7 Å². The highest BCUT2D eigenvalue weighted by atomic mass is 35.5. The molecule has 0 spiro atoms. The fourth-order valence-electron chi connectivity index (χ4n) is 4.03. The number of nitrogens with zero attached hydrogens (tertiary/aromatic N) is 3. The number of carbonyl (C=O) groups excluding carboxylic acids is 2. The average molecular weight is 516 g/mol. The van der Waals surface area contributed by atoms with Crippen molar-refractivity contribution >= 4 is 53.1 Å². The van der Waals surface area contributed by atoms with Gasteiger partial charge in [-0.1, -0.05) is 23.2 Å². The van der Waals surface area contributed by atoms with Gasteiger partial charge in [0.2, 0.25) is 5.91 Å². The summed E-state index contributed by atoms with van der Waals surface area (Å²) in [4.78, 5) is 34.1. The van der Waals surface area contributed by atoms with Gasteiger partial charge in [-0.2, -0.15) is 0 Å². The lowest BCUT2D eigenvalue weighted by Gasteiger charge is -2.33. The summed E-state index contributed by atoms with van der Waals surface area (Å²) in [6.45, 7) is 3.38. The number of anilines is 1. The van der Waals surface area contributed by atoms with Gasteiger partial charge in [0.1, 0.15) is 0 Å². The zero-order valence-electron chi connectivity index (χ0n) is 18.3. The standard InChI is InChI=1S/C22H24Cl2N4O4.ClH/c1-27-5-7-28(8-6-27)18(29)9-13-12-32-21-17(31-2)4-3-14(19(13)21)22(30)26-20-15(23)10-25-11-16(20)24;/h3-4,10-11,13H,5-9,12H2,1-2H3,(H,25,26,30);1H. The van der Waals surface area contributed by atoms with Gasteiger partial charge in [0, 0.05) is 62.0 Å². The lowest BCUT2D eigenvalue weighted by molar-refractivity contribution is -0.133. The minimum Gasteiger partial charge on any atom is -0.493 e. The molecule has 2 aliphatic rings. The third-order valence-electron chi connectivity index (χ3n) is 5.83. The van der Waals surface area contributed by atoms with E-state index in [1.807, 2.05) is 11.9 Å². The van der Waals surface area contributed by atoms with E-state index >= 15 is 0 Å². The van der Waals surface area contributed by atoms with Crippen LogP contribution in [0, 0.1) is 0 Å². The van der Waals surface area contributed by atoms with E-state index in [1.54, 1.807) is 12.1 Å². The van der Waals surface area contributed by atoms with Crippen molar-refractivity contribution in [2.24, 2.45) is 0 Å². The van der Waals surface area contributed by atoms with E-state index in [0.29, 0.717) is 42.3 Å². The van der Waals surface area contributed by atoms with Gasteiger partial charge in [0.05, 0.1) is 29.4 Å². The van der Waals surface area contributed by atoms with E-state index < -0.39 is 5.91 Å². The van der Waals surface area contributed by atoms with Crippen LogP contribution in [0.2, 0.25) is 10.0 Å². The Morgan fingerprint density at radius 2 is 1.85 bits per heavy atom. The Bertz CT molecular complexity index is 1020. The monoisotopic (exact) mass is 514 g/mol. The lowest BCUT2D eigenvalue weighted by atomic mass is 9.91. The Morgan fingerprint density at radius 3 is 2.48 bits per heavy atom. The first-order valence-corrected chi connectivity index (χ1v) is 11.0. The minimum atomic E-state index is -0.401. The molecule has 2 amide bonds. The third-order valence-corrected chi connectivity index (χ3v) is 6.40. The number of amides is 2. The molecule has 178 valence electrons. The number of hydrogen-bond acceptors (Lipinski definition) is 6. The maximum absolute atomic E-state index is 13.2. The molecule has 3 heterocycles. The van der Waals surface area contributed by atoms with Gasteiger partial charge < -0.3 is 24.6 Å². The number of hydrogen-bond donors (Lipinski definition) is 1. The zero-order chi connectivity index (χ0) is 22.8. The van der Waals surface area contributed by atoms with E-state index in [0.717, 1.165) is 13.1 Å². The molecule has 0 radical (unpaired) electrons. The van der Waals surface area contributed by atoms with E-state index in [9.17, 15) is 9.59 Å². The topological polar surface area (TPSA) is 84.0 Å². The first kappa shape index (κ1) is 25.4. The van der Waals surface area contributed by atoms with Crippen molar-refractivity contribution in [2.45, 2.75) is 12.3 Å². The largest absolute Gasteiger partial charge is 0.493 e. The fraction of sp³-hybridized carbons (Fsp3) is 0.409. The molecule has 1 fully saturated rings. The highest BCUT2D eigenvalue weighted by Crippen LogP contribution is 2.45. The van der Waals surface area contributed by atoms with E-state index in [1.165, 1.54) is 19.5 Å². The Balaban J connectivity index is 0.00000306. The van der Waals surface area contributed by atoms with Crippen LogP contribution < -0.4 is 14.8 Å². The van der Waals surface area contributed by atoms with Gasteiger partial charge in [0.25, 0.3) is 5.91 Å². The Hall–Kier alpha value is -2.26. The smallest absolute Gasteiger partial charge is 0.256 e. The summed E-state index contributed by atoms with van der Waals surface area (Å²) in [5.41, 5.74) is 1.32. The molecule has 1 N–H and O–H groups in total. The molecular weight excluding hydrogens is 491 g/mol. The summed E-state index contributed by atoms with van der Waals surface area (Å²) in [6.07, 6.45) is 3.06. The van der Waals surface area contributed by atoms with E-state index in [-0.39, 0.29) is 46.4 Å². The van der Waals surface area contributed by atoms with Crippen LogP contribution in [0.25, 0.3) is 0 Å². The molecule has 0 aliphatic carbocycles. The Morgan fingerprint density at radius 1 is 1.18 bits per heavy atom. The number of nitrogens with one attached hydrogen (secondary N) is 1. The number of rotatable bonds is 5. The van der Waals surface area contributed by atoms with Crippen LogP contribution in [-0.4, -0.2) is 73.5 Å². The average Bonchev–Trinajstić information content (AvgIpc) is 3.20. The number of fused-ring (bicyclic) bond motifs is 1. The third kappa shape index (κ3) is 5.30. The molecule has 1 atom stereocenters. The number of halogens is 3. The minimum absolute atomic E-state index is 0. The summed E-state index contributed by atoms with van der Waals surface area (Å²) >= 11 is 12.3. The Kier molecular flexibility index (Phi) is 8.28. The van der Waals surface area contributed by atoms with Crippen LogP contribution in [0.15, 0.2) is 24.5 Å². The van der Waals surface area contributed by atoms with Crippen molar-refractivity contribution in [3.63, 3.8) is 0 Å². The number of pyridine rings is 1. The number of aromatic nitrogens is 1. The molecule has 1 aromatic heterocycles. The molecule has 33 heavy (non-hydrogen) atoms. The molecule has 4 rings (SSSR count). The van der Waals surface area contributed by atoms with Crippen molar-refractivity contribution in [2.75, 3.05) is 52.3 Å². The summed E-state index contributed by atoms with van der Waals surface area (Å²) < 4.78 is 11.3. The van der Waals surface area contributed by atoms with Crippen LogP contribution in [-0.2, 0) is 4.79 Å². The van der Waals surface area contributed by atoms with Crippen molar-refractivity contribution in [3.8, 4) is 11.5 Å². The highest BCUT2D eigenvalue weighted by Gasteiger charge is 2.35. The summed E-state index contributed by atoms with van der Waals surface area (Å²) in [5.74, 6) is 0.390. The van der Waals surface area contributed by atoms with Gasteiger partial charge in [-0.05, 0) is 19.2 Å². The number of piperazine rings is 1. The molecule has 1 aromatic carbocycles. The second-order valence-electron chi connectivity index (χ2n) is 7.89. The van der Waals surface area contributed by atoms with Crippen molar-refractivity contribution in [1.82, 2.24) is 14.8 Å². The first-order valence-electron chi connectivity index (χ1n) is 10.3. The van der Waals surface area contributed by atoms with E-state index in [2.05, 4.69) is 15.2 Å². The van der Waals surface area contributed by atoms with Crippen LogP contribution in [0.5, 0.6) is 11.5 Å². The fourth-order valence-corrected chi connectivity index (χ4v) is 4.49. The lowest BCUT2D eigenvalue weighted by Crippen LogP contribution is -2.47. The molecule has 11 heteroatoms. The molecule has 1 unspecified atom stereocenters. The second-order valence-corrected chi connectivity index (χ2v) is 8.70. The van der Waals surface area contributed by atoms with Gasteiger partial charge >= 0.3 is 0 Å². The van der Waals surface area contributed by atoms with Gasteiger partial charge in [-0.15, -0.1) is 12.4 Å². The molecular formula is C22H25Cl3N4O4. The van der Waals surface area contributed by atoms with Gasteiger partial charge in [-0.25, -0.2) is 0 Å². The zero-order valence-corrected chi connectivity index (χ0v) is 20.6. The summed E-state index contributed by atoms with van der Waals surface area (Å²) in [7, 11) is 3.58. The molecule has 1 saturated heterocycles. The maximum atomic E-state index is 13.2. The molecule has 0 bridgehead atoms. The second kappa shape index (κ2) is 10.8. The van der Waals surface area contributed by atoms with Crippen molar-refractivity contribution in [3.05, 3.63) is 45.7 Å². The number of likely N-dealkylation sites (N-methyl/N-ethyl adjacent to an activating group) is 1. The predicted molar refractivity (Wildman–Crippen MR) is 129 cm³/mol. The number of benzene rings is 1. The predicted octanol–water partition coefficient (Wildman–Crippen LogP) is 3.71. The van der Waals surface area contributed by atoms with Gasteiger partial charge in [-0.3, -0.25) is 14.6 Å². The first-order chi connectivity index (χ1) is 15.4. The molecule has 8 nitrogen and oxygen atoms in total. The van der Waals surface area contributed by atoms with Crippen molar-refractivity contribution < 1.29 is 19.1 Å². The SMILES string of the molecule is COc1ccc(C(=O)Nc2c(Cl)cncc2Cl)c2c1OCC2CC(=O)N1CCN(C)CC1.Cl. The Labute approximate surface area is 208 Å². The maximum Gasteiger partial charge on any atom is 0.256 e. The van der Waals surface area contributed by atoms with Crippen LogP contribution in [0.1, 0.15) is 28.3 Å². The molecule has 2 aromatic rings. The van der Waals surface area contributed by atoms with Crippen LogP contribution in [0.3, 0.4) is 0 Å². The quantitative estimate of drug-likeness (QED) is 0.654. The summed E-state index contributed by atoms with van der Waals surface area (Å²) in [5, 5.41) is 3.23. The van der Waals surface area contributed by atoms with Crippen molar-refractivity contribution in [1.29, 1.82) is 0 Å².